The van der Waals surface area contributed by atoms with E-state index in [9.17, 15) is 5.26 Å². The second kappa shape index (κ2) is 10.1. The first-order chi connectivity index (χ1) is 15.6. The molecule has 5 heteroatoms. The molecule has 0 heterocycles. The van der Waals surface area contributed by atoms with E-state index >= 15 is 0 Å². The van der Waals surface area contributed by atoms with E-state index in [0.29, 0.717) is 28.7 Å². The van der Waals surface area contributed by atoms with E-state index in [0.717, 1.165) is 31.0 Å². The standard InChI is InChI=1S/C27H19ClINO2/c1-31-26-15-19(14-25(29)27(26)32-17-18-9-11-22(28)12-10-18)13-21(16-30)24-8-4-6-20-5-2-3-7-23(20)24/h2-15H,17H2,1H3/b21-13-. The van der Waals surface area contributed by atoms with Crippen LogP contribution in [0.3, 0.4) is 0 Å². The van der Waals surface area contributed by atoms with Gasteiger partial charge in [-0.25, -0.2) is 0 Å². The zero-order chi connectivity index (χ0) is 22.5. The number of ether oxygens (including phenoxy) is 2. The topological polar surface area (TPSA) is 42.2 Å². The van der Waals surface area contributed by atoms with Crippen LogP contribution in [0.2, 0.25) is 5.02 Å². The highest BCUT2D eigenvalue weighted by molar-refractivity contribution is 14.1. The van der Waals surface area contributed by atoms with Gasteiger partial charge in [-0.1, -0.05) is 66.2 Å². The van der Waals surface area contributed by atoms with Crippen LogP contribution in [-0.2, 0) is 6.61 Å². The Labute approximate surface area is 206 Å². The first kappa shape index (κ1) is 22.2. The lowest BCUT2D eigenvalue weighted by Crippen LogP contribution is -2.00. The Morgan fingerprint density at radius 1 is 1.03 bits per heavy atom. The minimum atomic E-state index is 0.401. The van der Waals surface area contributed by atoms with E-state index in [2.05, 4.69) is 28.7 Å². The first-order valence-corrected chi connectivity index (χ1v) is 11.4. The van der Waals surface area contributed by atoms with Gasteiger partial charge in [0.25, 0.3) is 0 Å². The Hall–Kier alpha value is -3.01. The predicted octanol–water partition coefficient (Wildman–Crippen LogP) is 7.75. The lowest BCUT2D eigenvalue weighted by Gasteiger charge is -2.14. The Kier molecular flexibility index (Phi) is 6.99. The highest BCUT2D eigenvalue weighted by atomic mass is 127. The van der Waals surface area contributed by atoms with Crippen molar-refractivity contribution in [1.29, 1.82) is 5.26 Å². The van der Waals surface area contributed by atoms with Crippen LogP contribution in [0.5, 0.6) is 11.5 Å². The molecule has 4 aromatic rings. The summed E-state index contributed by atoms with van der Waals surface area (Å²) in [5, 5.41) is 12.7. The van der Waals surface area contributed by atoms with Gasteiger partial charge in [0.15, 0.2) is 11.5 Å². The van der Waals surface area contributed by atoms with Crippen molar-refractivity contribution in [3.63, 3.8) is 0 Å². The summed E-state index contributed by atoms with van der Waals surface area (Å²) in [6, 6.07) is 27.8. The molecule has 0 aliphatic rings. The average Bonchev–Trinajstić information content (AvgIpc) is 2.82. The number of rotatable bonds is 6. The summed E-state index contributed by atoms with van der Waals surface area (Å²) >= 11 is 8.19. The fourth-order valence-corrected chi connectivity index (χ4v) is 4.40. The zero-order valence-electron chi connectivity index (χ0n) is 17.3. The number of methoxy groups -OCH3 is 1. The van der Waals surface area contributed by atoms with E-state index in [4.69, 9.17) is 21.1 Å². The smallest absolute Gasteiger partial charge is 0.174 e. The minimum Gasteiger partial charge on any atom is -0.493 e. The third-order valence-electron chi connectivity index (χ3n) is 5.06. The molecule has 0 saturated heterocycles. The van der Waals surface area contributed by atoms with E-state index in [1.165, 1.54) is 0 Å². The largest absolute Gasteiger partial charge is 0.493 e. The summed E-state index contributed by atoms with van der Waals surface area (Å²) in [4.78, 5) is 0. The number of benzene rings is 4. The van der Waals surface area contributed by atoms with Crippen molar-refractivity contribution in [2.24, 2.45) is 0 Å². The molecule has 0 unspecified atom stereocenters. The summed E-state index contributed by atoms with van der Waals surface area (Å²) in [6.45, 7) is 0.401. The molecule has 0 amide bonds. The van der Waals surface area contributed by atoms with Crippen molar-refractivity contribution in [1.82, 2.24) is 0 Å². The van der Waals surface area contributed by atoms with Crippen molar-refractivity contribution < 1.29 is 9.47 Å². The van der Waals surface area contributed by atoms with Gasteiger partial charge >= 0.3 is 0 Å². The summed E-state index contributed by atoms with van der Waals surface area (Å²) in [7, 11) is 1.62. The van der Waals surface area contributed by atoms with Gasteiger partial charge in [-0.3, -0.25) is 0 Å². The van der Waals surface area contributed by atoms with Crippen molar-refractivity contribution in [2.45, 2.75) is 6.61 Å². The number of halogens is 2. The molecular weight excluding hydrogens is 533 g/mol. The molecule has 32 heavy (non-hydrogen) atoms. The molecule has 0 fully saturated rings. The SMILES string of the molecule is COc1cc(/C=C(/C#N)c2cccc3ccccc23)cc(I)c1OCc1ccc(Cl)cc1. The second-order valence-electron chi connectivity index (χ2n) is 7.15. The molecule has 0 aliphatic heterocycles. The maximum atomic E-state index is 9.89. The van der Waals surface area contributed by atoms with E-state index in [1.54, 1.807) is 7.11 Å². The quantitative estimate of drug-likeness (QED) is 0.140. The van der Waals surface area contributed by atoms with Crippen LogP contribution >= 0.6 is 34.2 Å². The highest BCUT2D eigenvalue weighted by Crippen LogP contribution is 2.36. The third kappa shape index (κ3) is 4.90. The van der Waals surface area contributed by atoms with Gasteiger partial charge in [0.2, 0.25) is 0 Å². The maximum absolute atomic E-state index is 9.89. The van der Waals surface area contributed by atoms with Crippen molar-refractivity contribution in [3.8, 4) is 17.6 Å². The molecule has 158 valence electrons. The predicted molar refractivity (Wildman–Crippen MR) is 139 cm³/mol. The Morgan fingerprint density at radius 3 is 2.53 bits per heavy atom. The number of hydrogen-bond donors (Lipinski definition) is 0. The molecular formula is C27H19ClINO2. The third-order valence-corrected chi connectivity index (χ3v) is 6.11. The molecule has 0 aromatic heterocycles. The normalized spacial score (nSPS) is 11.2. The van der Waals surface area contributed by atoms with Crippen LogP contribution < -0.4 is 9.47 Å². The lowest BCUT2D eigenvalue weighted by molar-refractivity contribution is 0.282. The molecule has 0 bridgehead atoms. The fourth-order valence-electron chi connectivity index (χ4n) is 3.50. The first-order valence-electron chi connectivity index (χ1n) is 9.94. The molecule has 0 N–H and O–H groups in total. The summed E-state index contributed by atoms with van der Waals surface area (Å²) in [5.74, 6) is 1.29. The average molecular weight is 552 g/mol. The molecule has 0 saturated carbocycles. The number of allylic oxidation sites excluding steroid dienone is 1. The molecule has 0 aliphatic carbocycles. The van der Waals surface area contributed by atoms with Crippen LogP contribution in [0.4, 0.5) is 0 Å². The monoisotopic (exact) mass is 551 g/mol. The van der Waals surface area contributed by atoms with E-state index < -0.39 is 0 Å². The number of hydrogen-bond acceptors (Lipinski definition) is 3. The molecule has 0 radical (unpaired) electrons. The Balaban J connectivity index is 1.67. The van der Waals surface area contributed by atoms with Crippen LogP contribution in [-0.4, -0.2) is 7.11 Å². The summed E-state index contributed by atoms with van der Waals surface area (Å²) < 4.78 is 12.6. The molecule has 4 aromatic carbocycles. The Morgan fingerprint density at radius 2 is 1.78 bits per heavy atom. The highest BCUT2D eigenvalue weighted by Gasteiger charge is 2.13. The summed E-state index contributed by atoms with van der Waals surface area (Å²) in [6.07, 6.45) is 1.88. The number of nitrogens with zero attached hydrogens (tertiary/aromatic N) is 1. The van der Waals surface area contributed by atoms with Crippen LogP contribution in [0.1, 0.15) is 16.7 Å². The molecule has 3 nitrogen and oxygen atoms in total. The fraction of sp³-hybridized carbons (Fsp3) is 0.0741. The molecule has 0 spiro atoms. The van der Waals surface area contributed by atoms with Crippen LogP contribution in [0, 0.1) is 14.9 Å². The van der Waals surface area contributed by atoms with Gasteiger partial charge in [-0.05, 0) is 74.8 Å². The van der Waals surface area contributed by atoms with Gasteiger partial charge in [-0.15, -0.1) is 0 Å². The minimum absolute atomic E-state index is 0.401. The number of fused-ring (bicyclic) bond motifs is 1. The van der Waals surface area contributed by atoms with E-state index in [1.807, 2.05) is 84.9 Å². The van der Waals surface area contributed by atoms with Crippen molar-refractivity contribution >= 4 is 56.6 Å². The van der Waals surface area contributed by atoms with E-state index in [-0.39, 0.29) is 0 Å². The zero-order valence-corrected chi connectivity index (χ0v) is 20.2. The lowest BCUT2D eigenvalue weighted by atomic mass is 9.97. The van der Waals surface area contributed by atoms with Crippen LogP contribution in [0.15, 0.2) is 78.9 Å². The maximum Gasteiger partial charge on any atom is 0.174 e. The van der Waals surface area contributed by atoms with Gasteiger partial charge in [-0.2, -0.15) is 5.26 Å². The molecule has 0 atom stereocenters. The second-order valence-corrected chi connectivity index (χ2v) is 8.74. The molecule has 4 rings (SSSR count). The van der Waals surface area contributed by atoms with Crippen molar-refractivity contribution in [2.75, 3.05) is 7.11 Å². The van der Waals surface area contributed by atoms with Gasteiger partial charge in [0.05, 0.1) is 22.3 Å². The van der Waals surface area contributed by atoms with Gasteiger partial charge in [0, 0.05) is 10.6 Å². The van der Waals surface area contributed by atoms with Crippen molar-refractivity contribution in [3.05, 3.63) is 104 Å². The van der Waals surface area contributed by atoms with Crippen LogP contribution in [0.25, 0.3) is 22.4 Å². The van der Waals surface area contributed by atoms with Gasteiger partial charge in [0.1, 0.15) is 6.61 Å². The number of nitriles is 1. The summed E-state index contributed by atoms with van der Waals surface area (Å²) in [5.41, 5.74) is 3.38. The Bertz CT molecular complexity index is 1340. The van der Waals surface area contributed by atoms with Gasteiger partial charge < -0.3 is 9.47 Å².